The van der Waals surface area contributed by atoms with Crippen molar-refractivity contribution in [2.75, 3.05) is 5.32 Å². The average molecular weight is 324 g/mol. The highest BCUT2D eigenvalue weighted by Gasteiger charge is 2.44. The minimum absolute atomic E-state index is 0.0395. The van der Waals surface area contributed by atoms with Crippen LogP contribution in [0, 0.1) is 0 Å². The molecule has 0 aliphatic heterocycles. The van der Waals surface area contributed by atoms with Crippen LogP contribution < -0.4 is 11.1 Å². The molecule has 0 spiro atoms. The number of aromatic hydroxyl groups is 1. The van der Waals surface area contributed by atoms with Crippen LogP contribution in [0.1, 0.15) is 24.8 Å². The Morgan fingerprint density at radius 1 is 1.48 bits per heavy atom. The highest BCUT2D eigenvalue weighted by atomic mass is 35.5. The average Bonchev–Trinajstić information content (AvgIpc) is 2.77. The molecule has 1 aliphatic carbocycles. The molecule has 4 N–H and O–H groups in total. The Morgan fingerprint density at radius 3 is 2.76 bits per heavy atom. The molecule has 0 bridgehead atoms. The van der Waals surface area contributed by atoms with Gasteiger partial charge in [0.05, 0.1) is 21.5 Å². The molecule has 1 aliphatic rings. The van der Waals surface area contributed by atoms with Gasteiger partial charge < -0.3 is 16.2 Å². The number of anilines is 2. The second kappa shape index (κ2) is 5.20. The number of benzene rings is 1. The molecule has 1 saturated carbocycles. The van der Waals surface area contributed by atoms with Crippen molar-refractivity contribution in [2.45, 2.75) is 24.7 Å². The first-order valence-corrected chi connectivity index (χ1v) is 7.78. The quantitative estimate of drug-likeness (QED) is 0.806. The van der Waals surface area contributed by atoms with E-state index >= 15 is 0 Å². The van der Waals surface area contributed by atoms with Gasteiger partial charge in [-0.05, 0) is 30.5 Å². The van der Waals surface area contributed by atoms with Crippen LogP contribution in [0.5, 0.6) is 5.88 Å². The number of carbonyl (C=O) groups excluding carboxylic acids is 1. The van der Waals surface area contributed by atoms with Crippen molar-refractivity contribution in [1.29, 1.82) is 0 Å². The number of hydrogen-bond acceptors (Lipinski definition) is 5. The van der Waals surface area contributed by atoms with E-state index < -0.39 is 5.41 Å². The maximum Gasteiger partial charge on any atom is 0.228 e. The van der Waals surface area contributed by atoms with E-state index in [1.807, 2.05) is 12.1 Å². The highest BCUT2D eigenvalue weighted by molar-refractivity contribution is 7.14. The number of rotatable bonds is 4. The number of halogens is 1. The number of carbonyl (C=O) groups is 1. The topological polar surface area (TPSA) is 88.2 Å². The fraction of sp³-hybridized carbons (Fsp3) is 0.286. The van der Waals surface area contributed by atoms with Crippen LogP contribution in [-0.4, -0.2) is 16.0 Å². The Hall–Kier alpha value is -1.79. The van der Waals surface area contributed by atoms with Crippen LogP contribution in [0.25, 0.3) is 0 Å². The molecule has 1 heterocycles. The van der Waals surface area contributed by atoms with Crippen molar-refractivity contribution in [3.63, 3.8) is 0 Å². The van der Waals surface area contributed by atoms with Gasteiger partial charge in [0, 0.05) is 0 Å². The number of nitrogens with zero attached hydrogens (tertiary/aromatic N) is 1. The molecule has 21 heavy (non-hydrogen) atoms. The van der Waals surface area contributed by atoms with Crippen molar-refractivity contribution < 1.29 is 9.90 Å². The molecule has 5 nitrogen and oxygen atoms in total. The van der Waals surface area contributed by atoms with Crippen LogP contribution in [0.3, 0.4) is 0 Å². The van der Waals surface area contributed by atoms with Crippen LogP contribution >= 0.6 is 22.9 Å². The highest BCUT2D eigenvalue weighted by Crippen LogP contribution is 2.45. The monoisotopic (exact) mass is 323 g/mol. The van der Waals surface area contributed by atoms with Crippen molar-refractivity contribution in [3.05, 3.63) is 34.2 Å². The van der Waals surface area contributed by atoms with Gasteiger partial charge in [0.15, 0.2) is 5.13 Å². The molecule has 0 saturated heterocycles. The summed E-state index contributed by atoms with van der Waals surface area (Å²) < 4.78 is 0. The van der Waals surface area contributed by atoms with Crippen molar-refractivity contribution in [3.8, 4) is 5.88 Å². The van der Waals surface area contributed by atoms with Gasteiger partial charge in [-0.1, -0.05) is 24.1 Å². The largest absolute Gasteiger partial charge is 0.493 e. The van der Waals surface area contributed by atoms with E-state index in [0.717, 1.165) is 24.8 Å². The first kappa shape index (κ1) is 14.2. The third kappa shape index (κ3) is 2.45. The summed E-state index contributed by atoms with van der Waals surface area (Å²) in [6, 6.07) is 5.43. The van der Waals surface area contributed by atoms with Gasteiger partial charge in [0.1, 0.15) is 0 Å². The van der Waals surface area contributed by atoms with Crippen molar-refractivity contribution in [2.24, 2.45) is 5.73 Å². The Morgan fingerprint density at radius 2 is 2.24 bits per heavy atom. The molecule has 0 unspecified atom stereocenters. The number of primary amides is 1. The van der Waals surface area contributed by atoms with E-state index in [-0.39, 0.29) is 11.8 Å². The fourth-order valence-electron chi connectivity index (χ4n) is 2.56. The summed E-state index contributed by atoms with van der Waals surface area (Å²) in [4.78, 5) is 15.7. The third-order valence-corrected chi connectivity index (χ3v) is 5.01. The Kier molecular flexibility index (Phi) is 3.51. The first-order valence-electron chi connectivity index (χ1n) is 6.53. The van der Waals surface area contributed by atoms with Gasteiger partial charge in [0.2, 0.25) is 11.8 Å². The molecule has 110 valence electrons. The minimum atomic E-state index is -0.577. The van der Waals surface area contributed by atoms with E-state index in [1.54, 1.807) is 6.07 Å². The van der Waals surface area contributed by atoms with Gasteiger partial charge in [-0.15, -0.1) is 11.3 Å². The molecule has 1 aromatic carbocycles. The molecule has 1 amide bonds. The zero-order chi connectivity index (χ0) is 15.0. The third-order valence-electron chi connectivity index (χ3n) is 3.93. The smallest absolute Gasteiger partial charge is 0.228 e. The van der Waals surface area contributed by atoms with Crippen LogP contribution in [-0.2, 0) is 10.2 Å². The Balaban J connectivity index is 1.94. The summed E-state index contributed by atoms with van der Waals surface area (Å²) in [6.07, 6.45) is 2.53. The van der Waals surface area contributed by atoms with E-state index in [0.29, 0.717) is 15.8 Å². The standard InChI is InChI=1S/C14H14ClN3O2S/c15-9-3-2-8(14(12(16)20)4-1-5-14)6-10(9)17-13-18-11(19)7-21-13/h2-3,6-7,19H,1,4-5H2,(H2,16,20)(H,17,18). The van der Waals surface area contributed by atoms with Crippen LogP contribution in [0.4, 0.5) is 10.8 Å². The van der Waals surface area contributed by atoms with Gasteiger partial charge >= 0.3 is 0 Å². The number of nitrogens with one attached hydrogen (secondary N) is 1. The van der Waals surface area contributed by atoms with Crippen molar-refractivity contribution >= 4 is 39.7 Å². The number of hydrogen-bond donors (Lipinski definition) is 3. The molecule has 0 atom stereocenters. The maximum atomic E-state index is 11.8. The maximum absolute atomic E-state index is 11.8. The normalized spacial score (nSPS) is 16.2. The zero-order valence-electron chi connectivity index (χ0n) is 11.1. The van der Waals surface area contributed by atoms with Crippen molar-refractivity contribution in [1.82, 2.24) is 4.98 Å². The molecule has 7 heteroatoms. The van der Waals surface area contributed by atoms with Crippen LogP contribution in [0.2, 0.25) is 5.02 Å². The number of aromatic nitrogens is 1. The second-order valence-electron chi connectivity index (χ2n) is 5.13. The van der Waals surface area contributed by atoms with E-state index in [1.165, 1.54) is 16.7 Å². The molecule has 2 aromatic rings. The lowest BCUT2D eigenvalue weighted by atomic mass is 9.64. The number of thiazole rings is 1. The van der Waals surface area contributed by atoms with E-state index in [4.69, 9.17) is 17.3 Å². The number of amides is 1. The van der Waals surface area contributed by atoms with Gasteiger partial charge in [-0.3, -0.25) is 4.79 Å². The lowest BCUT2D eigenvalue weighted by Gasteiger charge is -2.39. The Bertz CT molecular complexity index is 697. The fourth-order valence-corrected chi connectivity index (χ4v) is 3.31. The molecule has 3 rings (SSSR count). The minimum Gasteiger partial charge on any atom is -0.493 e. The van der Waals surface area contributed by atoms with Gasteiger partial charge in [-0.25, -0.2) is 0 Å². The summed E-state index contributed by atoms with van der Waals surface area (Å²) >= 11 is 7.45. The molecule has 0 radical (unpaired) electrons. The first-order chi connectivity index (χ1) is 10.0. The van der Waals surface area contributed by atoms with Crippen LogP contribution in [0.15, 0.2) is 23.6 Å². The number of nitrogens with two attached hydrogens (primary N) is 1. The lowest BCUT2D eigenvalue weighted by molar-refractivity contribution is -0.126. The summed E-state index contributed by atoms with van der Waals surface area (Å²) in [7, 11) is 0. The summed E-state index contributed by atoms with van der Waals surface area (Å²) in [6.45, 7) is 0. The molecule has 1 aromatic heterocycles. The van der Waals surface area contributed by atoms with E-state index in [2.05, 4.69) is 10.3 Å². The molecular weight excluding hydrogens is 310 g/mol. The molecule has 1 fully saturated rings. The van der Waals surface area contributed by atoms with E-state index in [9.17, 15) is 9.90 Å². The summed E-state index contributed by atoms with van der Waals surface area (Å²) in [5.41, 5.74) is 6.51. The second-order valence-corrected chi connectivity index (χ2v) is 6.40. The Labute approximate surface area is 130 Å². The molecular formula is C14H14ClN3O2S. The summed E-state index contributed by atoms with van der Waals surface area (Å²) in [5, 5.41) is 14.9. The summed E-state index contributed by atoms with van der Waals surface area (Å²) in [5.74, 6) is -0.337. The van der Waals surface area contributed by atoms with Gasteiger partial charge in [0.25, 0.3) is 0 Å². The zero-order valence-corrected chi connectivity index (χ0v) is 12.7. The van der Waals surface area contributed by atoms with Gasteiger partial charge in [-0.2, -0.15) is 4.98 Å². The predicted molar refractivity (Wildman–Crippen MR) is 83.2 cm³/mol. The lowest BCUT2D eigenvalue weighted by Crippen LogP contribution is -2.46. The predicted octanol–water partition coefficient (Wildman–Crippen LogP) is 3.15. The SMILES string of the molecule is NC(=O)C1(c2ccc(Cl)c(Nc3nc(O)cs3)c2)CCC1.